The summed E-state index contributed by atoms with van der Waals surface area (Å²) in [4.78, 5) is 15.2. The lowest BCUT2D eigenvalue weighted by molar-refractivity contribution is 0.199. The fourth-order valence-electron chi connectivity index (χ4n) is 2.42. The van der Waals surface area contributed by atoms with Crippen molar-refractivity contribution in [3.8, 4) is 6.07 Å². The van der Waals surface area contributed by atoms with Crippen molar-refractivity contribution in [1.29, 1.82) is 5.26 Å². The highest BCUT2D eigenvalue weighted by Crippen LogP contribution is 2.28. The highest BCUT2D eigenvalue weighted by molar-refractivity contribution is 5.77. The molecule has 0 radical (unpaired) electrons. The summed E-state index contributed by atoms with van der Waals surface area (Å²) in [6.07, 6.45) is 0. The highest BCUT2D eigenvalue weighted by atomic mass is 16.2. The predicted octanol–water partition coefficient (Wildman–Crippen LogP) is 2.74. The molecule has 0 bridgehead atoms. The molecule has 2 amide bonds. The first-order chi connectivity index (χ1) is 9.04. The summed E-state index contributed by atoms with van der Waals surface area (Å²) in [6, 6.07) is 10.4. The van der Waals surface area contributed by atoms with Crippen LogP contribution >= 0.6 is 0 Å². The smallest absolute Gasteiger partial charge is 0.319 e. The van der Waals surface area contributed by atoms with Gasteiger partial charge in [0.2, 0.25) is 0 Å². The highest BCUT2D eigenvalue weighted by Gasteiger charge is 2.35. The molecule has 100 valence electrons. The summed E-state index contributed by atoms with van der Waals surface area (Å²) < 4.78 is 0. The van der Waals surface area contributed by atoms with Gasteiger partial charge in [0.25, 0.3) is 0 Å². The molecule has 19 heavy (non-hydrogen) atoms. The van der Waals surface area contributed by atoms with E-state index in [-0.39, 0.29) is 18.6 Å². The number of nitrogens with zero attached hydrogens (tertiary/aromatic N) is 3. The maximum absolute atomic E-state index is 12.0. The SMILES string of the molecule is CC(C)c1ccc(C2CN(CC#N)C(=O)N2C)cc1. The molecule has 0 N–H and O–H groups in total. The van der Waals surface area contributed by atoms with E-state index < -0.39 is 0 Å². The van der Waals surface area contributed by atoms with E-state index in [1.165, 1.54) is 5.56 Å². The summed E-state index contributed by atoms with van der Waals surface area (Å²) in [7, 11) is 1.79. The van der Waals surface area contributed by atoms with Crippen LogP contribution in [0.15, 0.2) is 24.3 Å². The Balaban J connectivity index is 2.18. The number of rotatable bonds is 3. The second kappa shape index (κ2) is 5.31. The van der Waals surface area contributed by atoms with Gasteiger partial charge in [-0.15, -0.1) is 0 Å². The van der Waals surface area contributed by atoms with Gasteiger partial charge < -0.3 is 9.80 Å². The summed E-state index contributed by atoms with van der Waals surface area (Å²) in [5.41, 5.74) is 2.42. The molecule has 4 nitrogen and oxygen atoms in total. The minimum Gasteiger partial charge on any atom is -0.319 e. The minimum atomic E-state index is -0.0699. The summed E-state index contributed by atoms with van der Waals surface area (Å²) in [6.45, 7) is 5.07. The Kier molecular flexibility index (Phi) is 3.75. The number of amides is 2. The maximum Gasteiger partial charge on any atom is 0.321 e. The van der Waals surface area contributed by atoms with Crippen molar-refractivity contribution in [2.24, 2.45) is 0 Å². The Morgan fingerprint density at radius 3 is 2.53 bits per heavy atom. The third-order valence-corrected chi connectivity index (χ3v) is 3.68. The van der Waals surface area contributed by atoms with Gasteiger partial charge in [0.1, 0.15) is 6.54 Å². The maximum atomic E-state index is 12.0. The Labute approximate surface area is 114 Å². The van der Waals surface area contributed by atoms with Crippen molar-refractivity contribution >= 4 is 6.03 Å². The van der Waals surface area contributed by atoms with Gasteiger partial charge in [0.05, 0.1) is 12.1 Å². The molecule has 1 unspecified atom stereocenters. The van der Waals surface area contributed by atoms with E-state index in [0.717, 1.165) is 5.56 Å². The molecule has 1 heterocycles. The molecular formula is C15H19N3O. The first kappa shape index (κ1) is 13.4. The molecule has 0 spiro atoms. The number of carbonyl (C=O) groups is 1. The molecule has 1 atom stereocenters. The second-order valence-corrected chi connectivity index (χ2v) is 5.27. The third-order valence-electron chi connectivity index (χ3n) is 3.68. The first-order valence-electron chi connectivity index (χ1n) is 6.53. The Hall–Kier alpha value is -2.02. The molecule has 1 aliphatic rings. The van der Waals surface area contributed by atoms with E-state index in [1.807, 2.05) is 6.07 Å². The average Bonchev–Trinajstić information content (AvgIpc) is 2.68. The second-order valence-electron chi connectivity index (χ2n) is 5.27. The molecule has 2 rings (SSSR count). The van der Waals surface area contributed by atoms with E-state index in [4.69, 9.17) is 5.26 Å². The van der Waals surface area contributed by atoms with Crippen LogP contribution in [-0.2, 0) is 0 Å². The number of nitriles is 1. The number of hydrogen-bond acceptors (Lipinski definition) is 2. The Morgan fingerprint density at radius 1 is 1.37 bits per heavy atom. The van der Waals surface area contributed by atoms with Gasteiger partial charge in [0, 0.05) is 13.6 Å². The van der Waals surface area contributed by atoms with Crippen molar-refractivity contribution in [1.82, 2.24) is 9.80 Å². The van der Waals surface area contributed by atoms with Crippen molar-refractivity contribution in [3.63, 3.8) is 0 Å². The van der Waals surface area contributed by atoms with Gasteiger partial charge in [-0.3, -0.25) is 0 Å². The van der Waals surface area contributed by atoms with Gasteiger partial charge in [-0.05, 0) is 17.0 Å². The van der Waals surface area contributed by atoms with Gasteiger partial charge in [-0.2, -0.15) is 5.26 Å². The van der Waals surface area contributed by atoms with Crippen molar-refractivity contribution in [2.45, 2.75) is 25.8 Å². The zero-order valence-electron chi connectivity index (χ0n) is 11.6. The Bertz CT molecular complexity index is 501. The van der Waals surface area contributed by atoms with Crippen LogP contribution in [0.5, 0.6) is 0 Å². The molecule has 1 fully saturated rings. The molecule has 4 heteroatoms. The van der Waals surface area contributed by atoms with Crippen molar-refractivity contribution < 1.29 is 4.79 Å². The number of urea groups is 1. The zero-order valence-corrected chi connectivity index (χ0v) is 11.6. The summed E-state index contributed by atoms with van der Waals surface area (Å²) in [5, 5.41) is 8.72. The van der Waals surface area contributed by atoms with Crippen LogP contribution in [0.1, 0.15) is 36.9 Å². The van der Waals surface area contributed by atoms with E-state index in [9.17, 15) is 4.79 Å². The zero-order chi connectivity index (χ0) is 14.0. The lowest BCUT2D eigenvalue weighted by atomic mass is 9.99. The van der Waals surface area contributed by atoms with E-state index in [1.54, 1.807) is 16.8 Å². The van der Waals surface area contributed by atoms with Crippen LogP contribution in [-0.4, -0.2) is 36.0 Å². The predicted molar refractivity (Wildman–Crippen MR) is 73.6 cm³/mol. The molecule has 1 saturated heterocycles. The van der Waals surface area contributed by atoms with E-state index >= 15 is 0 Å². The lowest BCUT2D eigenvalue weighted by Gasteiger charge is -2.18. The fourth-order valence-corrected chi connectivity index (χ4v) is 2.42. The Morgan fingerprint density at radius 2 is 2.00 bits per heavy atom. The normalized spacial score (nSPS) is 19.1. The first-order valence-corrected chi connectivity index (χ1v) is 6.53. The number of hydrogen-bond donors (Lipinski definition) is 0. The number of likely N-dealkylation sites (N-methyl/N-ethyl adjacent to an activating group) is 1. The standard InChI is InChI=1S/C15H19N3O/c1-11(2)12-4-6-13(7-5-12)14-10-18(9-8-16)15(19)17(14)3/h4-7,11,14H,9-10H2,1-3H3. The third kappa shape index (κ3) is 2.55. The van der Waals surface area contributed by atoms with Crippen LogP contribution in [0.4, 0.5) is 4.79 Å². The van der Waals surface area contributed by atoms with E-state index in [0.29, 0.717) is 12.5 Å². The average molecular weight is 257 g/mol. The number of carbonyl (C=O) groups excluding carboxylic acids is 1. The van der Waals surface area contributed by atoms with E-state index in [2.05, 4.69) is 38.1 Å². The van der Waals surface area contributed by atoms with Gasteiger partial charge >= 0.3 is 6.03 Å². The van der Waals surface area contributed by atoms with Crippen LogP contribution in [0.3, 0.4) is 0 Å². The van der Waals surface area contributed by atoms with Gasteiger partial charge in [-0.1, -0.05) is 38.1 Å². The molecule has 0 aliphatic carbocycles. The minimum absolute atomic E-state index is 0.0436. The summed E-state index contributed by atoms with van der Waals surface area (Å²) in [5.74, 6) is 0.507. The molecule has 1 aromatic carbocycles. The summed E-state index contributed by atoms with van der Waals surface area (Å²) >= 11 is 0. The molecular weight excluding hydrogens is 238 g/mol. The largest absolute Gasteiger partial charge is 0.321 e. The fraction of sp³-hybridized carbons (Fsp3) is 0.467. The topological polar surface area (TPSA) is 47.3 Å². The van der Waals surface area contributed by atoms with Crippen molar-refractivity contribution in [2.75, 3.05) is 20.1 Å². The van der Waals surface area contributed by atoms with Crippen LogP contribution in [0.25, 0.3) is 0 Å². The molecule has 1 aromatic rings. The molecule has 0 saturated carbocycles. The van der Waals surface area contributed by atoms with Gasteiger partial charge in [-0.25, -0.2) is 4.79 Å². The molecule has 0 aromatic heterocycles. The quantitative estimate of drug-likeness (QED) is 0.782. The van der Waals surface area contributed by atoms with Crippen molar-refractivity contribution in [3.05, 3.63) is 35.4 Å². The monoisotopic (exact) mass is 257 g/mol. The number of benzene rings is 1. The lowest BCUT2D eigenvalue weighted by Crippen LogP contribution is -2.29. The van der Waals surface area contributed by atoms with Crippen LogP contribution in [0.2, 0.25) is 0 Å². The molecule has 1 aliphatic heterocycles. The van der Waals surface area contributed by atoms with Crippen LogP contribution < -0.4 is 0 Å². The van der Waals surface area contributed by atoms with Crippen LogP contribution in [0, 0.1) is 11.3 Å². The van der Waals surface area contributed by atoms with Gasteiger partial charge in [0.15, 0.2) is 0 Å².